The molecule has 6 heteroatoms. The van der Waals surface area contributed by atoms with Gasteiger partial charge in [0.05, 0.1) is 13.7 Å². The molecule has 0 fully saturated rings. The molecule has 1 heterocycles. The highest BCUT2D eigenvalue weighted by Crippen LogP contribution is 2.36. The molecule has 0 saturated carbocycles. The van der Waals surface area contributed by atoms with Gasteiger partial charge >= 0.3 is 0 Å². The molecule has 1 amide bonds. The molecule has 0 radical (unpaired) electrons. The topological polar surface area (TPSA) is 72.6 Å². The standard InChI is InChI=1S/C28H30N2O4/c1-32-14-13-29-28(31)17-24(26-18-30-27-12-11-22(33-2)16-25(26)27)21-9-6-10-23(15-21)34-19-20-7-4-3-5-8-20/h3-12,15-16,18,24,30H,13-14,17,19H2,1-2H3,(H,29,31)/t24-/m0/s1. The first-order valence-corrected chi connectivity index (χ1v) is 11.3. The Labute approximate surface area is 199 Å². The maximum Gasteiger partial charge on any atom is 0.221 e. The van der Waals surface area contributed by atoms with Crippen LogP contribution in [0, 0.1) is 0 Å². The second kappa shape index (κ2) is 11.4. The predicted octanol–water partition coefficient (Wildman–Crippen LogP) is 5.04. The van der Waals surface area contributed by atoms with Crippen LogP contribution in [0.4, 0.5) is 0 Å². The van der Waals surface area contributed by atoms with E-state index in [-0.39, 0.29) is 11.8 Å². The van der Waals surface area contributed by atoms with Crippen LogP contribution in [0.3, 0.4) is 0 Å². The quantitative estimate of drug-likeness (QED) is 0.309. The highest BCUT2D eigenvalue weighted by Gasteiger charge is 2.22. The Balaban J connectivity index is 1.64. The minimum Gasteiger partial charge on any atom is -0.497 e. The van der Waals surface area contributed by atoms with Crippen molar-refractivity contribution >= 4 is 16.8 Å². The Hall–Kier alpha value is -3.77. The minimum absolute atomic E-state index is 0.0325. The SMILES string of the molecule is COCCNC(=O)C[C@@H](c1cccc(OCc2ccccc2)c1)c1c[nH]c2ccc(OC)cc12. The van der Waals surface area contributed by atoms with Crippen molar-refractivity contribution in [1.82, 2.24) is 10.3 Å². The molecule has 1 atom stereocenters. The third-order valence-electron chi connectivity index (χ3n) is 5.82. The number of carbonyl (C=O) groups excluding carboxylic acids is 1. The first-order chi connectivity index (χ1) is 16.7. The van der Waals surface area contributed by atoms with Crippen molar-refractivity contribution in [3.63, 3.8) is 0 Å². The van der Waals surface area contributed by atoms with Crippen molar-refractivity contribution in [3.05, 3.63) is 95.7 Å². The number of rotatable bonds is 11. The number of fused-ring (bicyclic) bond motifs is 1. The average molecular weight is 459 g/mol. The maximum atomic E-state index is 12.8. The molecule has 0 bridgehead atoms. The van der Waals surface area contributed by atoms with Crippen LogP contribution in [0.15, 0.2) is 79.0 Å². The van der Waals surface area contributed by atoms with E-state index in [4.69, 9.17) is 14.2 Å². The Morgan fingerprint density at radius 2 is 1.82 bits per heavy atom. The summed E-state index contributed by atoms with van der Waals surface area (Å²) in [5.74, 6) is 1.35. The van der Waals surface area contributed by atoms with Gasteiger partial charge in [0.2, 0.25) is 5.91 Å². The number of carbonyl (C=O) groups is 1. The summed E-state index contributed by atoms with van der Waals surface area (Å²) in [5, 5.41) is 3.98. The number of benzene rings is 3. The van der Waals surface area contributed by atoms with Crippen LogP contribution in [-0.4, -0.2) is 38.3 Å². The monoisotopic (exact) mass is 458 g/mol. The highest BCUT2D eigenvalue weighted by atomic mass is 16.5. The normalized spacial score (nSPS) is 11.8. The fourth-order valence-corrected chi connectivity index (χ4v) is 4.06. The van der Waals surface area contributed by atoms with Crippen LogP contribution >= 0.6 is 0 Å². The third-order valence-corrected chi connectivity index (χ3v) is 5.82. The molecule has 6 nitrogen and oxygen atoms in total. The molecule has 0 spiro atoms. The predicted molar refractivity (Wildman–Crippen MR) is 133 cm³/mol. The molecule has 0 aliphatic carbocycles. The number of H-pyrrole nitrogens is 1. The largest absolute Gasteiger partial charge is 0.497 e. The molecule has 1 aromatic heterocycles. The lowest BCUT2D eigenvalue weighted by molar-refractivity contribution is -0.121. The summed E-state index contributed by atoms with van der Waals surface area (Å²) < 4.78 is 16.6. The van der Waals surface area contributed by atoms with Crippen LogP contribution in [0.1, 0.15) is 29.0 Å². The fourth-order valence-electron chi connectivity index (χ4n) is 4.06. The number of aromatic nitrogens is 1. The van der Waals surface area contributed by atoms with Crippen molar-refractivity contribution in [3.8, 4) is 11.5 Å². The van der Waals surface area contributed by atoms with E-state index in [1.807, 2.05) is 79.0 Å². The Kier molecular flexibility index (Phi) is 7.83. The number of nitrogens with one attached hydrogen (secondary N) is 2. The zero-order valence-corrected chi connectivity index (χ0v) is 19.5. The summed E-state index contributed by atoms with van der Waals surface area (Å²) in [5.41, 5.74) is 4.15. The molecule has 176 valence electrons. The van der Waals surface area contributed by atoms with E-state index in [9.17, 15) is 4.79 Å². The molecular formula is C28H30N2O4. The van der Waals surface area contributed by atoms with E-state index >= 15 is 0 Å². The zero-order valence-electron chi connectivity index (χ0n) is 19.5. The van der Waals surface area contributed by atoms with Crippen LogP contribution < -0.4 is 14.8 Å². The number of hydrogen-bond acceptors (Lipinski definition) is 4. The molecule has 0 aliphatic rings. The molecule has 4 aromatic rings. The molecule has 4 rings (SSSR count). The van der Waals surface area contributed by atoms with E-state index in [1.165, 1.54) is 0 Å². The minimum atomic E-state index is -0.163. The second-order valence-electron chi connectivity index (χ2n) is 8.10. The maximum absolute atomic E-state index is 12.8. The van der Waals surface area contributed by atoms with Gasteiger partial charge in [0.25, 0.3) is 0 Å². The zero-order chi connectivity index (χ0) is 23.8. The van der Waals surface area contributed by atoms with Gasteiger partial charge in [-0.25, -0.2) is 0 Å². The molecule has 0 saturated heterocycles. The number of ether oxygens (including phenoxy) is 3. The molecule has 34 heavy (non-hydrogen) atoms. The van der Waals surface area contributed by atoms with E-state index in [0.29, 0.717) is 26.2 Å². The van der Waals surface area contributed by atoms with Crippen molar-refractivity contribution in [2.45, 2.75) is 18.9 Å². The molecule has 3 aromatic carbocycles. The first-order valence-electron chi connectivity index (χ1n) is 11.3. The summed E-state index contributed by atoms with van der Waals surface area (Å²) >= 11 is 0. The van der Waals surface area contributed by atoms with Gasteiger partial charge < -0.3 is 24.5 Å². The number of methoxy groups -OCH3 is 2. The number of hydrogen-bond donors (Lipinski definition) is 2. The Morgan fingerprint density at radius 1 is 0.971 bits per heavy atom. The van der Waals surface area contributed by atoms with Crippen LogP contribution in [0.5, 0.6) is 11.5 Å². The lowest BCUT2D eigenvalue weighted by atomic mass is 9.87. The second-order valence-corrected chi connectivity index (χ2v) is 8.10. The van der Waals surface area contributed by atoms with Gasteiger partial charge in [0, 0.05) is 43.1 Å². The fraction of sp³-hybridized carbons (Fsp3) is 0.250. The van der Waals surface area contributed by atoms with E-state index < -0.39 is 0 Å². The Bertz CT molecular complexity index is 1220. The van der Waals surface area contributed by atoms with Gasteiger partial charge in [-0.05, 0) is 47.0 Å². The van der Waals surface area contributed by atoms with Crippen molar-refractivity contribution in [1.29, 1.82) is 0 Å². The summed E-state index contributed by atoms with van der Waals surface area (Å²) in [6.45, 7) is 1.43. The van der Waals surface area contributed by atoms with Gasteiger partial charge in [0.15, 0.2) is 0 Å². The summed E-state index contributed by atoms with van der Waals surface area (Å²) in [4.78, 5) is 16.2. The van der Waals surface area contributed by atoms with Gasteiger partial charge in [-0.3, -0.25) is 4.79 Å². The van der Waals surface area contributed by atoms with Crippen molar-refractivity contribution in [2.24, 2.45) is 0 Å². The summed E-state index contributed by atoms with van der Waals surface area (Å²) in [7, 11) is 3.27. The highest BCUT2D eigenvalue weighted by molar-refractivity contribution is 5.87. The van der Waals surface area contributed by atoms with Gasteiger partial charge in [-0.1, -0.05) is 42.5 Å². The van der Waals surface area contributed by atoms with Crippen LogP contribution in [-0.2, 0) is 16.1 Å². The number of amides is 1. The third kappa shape index (κ3) is 5.77. The lowest BCUT2D eigenvalue weighted by Crippen LogP contribution is -2.28. The van der Waals surface area contributed by atoms with Crippen LogP contribution in [0.2, 0.25) is 0 Å². The van der Waals surface area contributed by atoms with Crippen molar-refractivity contribution < 1.29 is 19.0 Å². The van der Waals surface area contributed by atoms with Gasteiger partial charge in [-0.15, -0.1) is 0 Å². The molecule has 2 N–H and O–H groups in total. The van der Waals surface area contributed by atoms with E-state index in [2.05, 4.69) is 10.3 Å². The van der Waals surface area contributed by atoms with E-state index in [1.54, 1.807) is 14.2 Å². The Morgan fingerprint density at radius 3 is 2.62 bits per heavy atom. The summed E-state index contributed by atoms with van der Waals surface area (Å²) in [6, 6.07) is 24.0. The van der Waals surface area contributed by atoms with Crippen molar-refractivity contribution in [2.75, 3.05) is 27.4 Å². The smallest absolute Gasteiger partial charge is 0.221 e. The first kappa shape index (κ1) is 23.4. The average Bonchev–Trinajstić information content (AvgIpc) is 3.30. The number of aromatic amines is 1. The molecular weight excluding hydrogens is 428 g/mol. The molecule has 0 aliphatic heterocycles. The van der Waals surface area contributed by atoms with Gasteiger partial charge in [0.1, 0.15) is 18.1 Å². The lowest BCUT2D eigenvalue weighted by Gasteiger charge is -2.18. The van der Waals surface area contributed by atoms with Crippen LogP contribution in [0.25, 0.3) is 10.9 Å². The van der Waals surface area contributed by atoms with E-state index in [0.717, 1.165) is 39.1 Å². The molecule has 0 unspecified atom stereocenters. The summed E-state index contributed by atoms with van der Waals surface area (Å²) in [6.07, 6.45) is 2.28. The van der Waals surface area contributed by atoms with Gasteiger partial charge in [-0.2, -0.15) is 0 Å².